The SMILES string of the molecule is Cc1cccc(C)c1NC(=S)N/N=C/c1ccc2c(ccc3c(-c4ccc(OC(F)(F)F)cc4)n(C)nc32)c1. The molecule has 39 heavy (non-hydrogen) atoms. The van der Waals surface area contributed by atoms with Gasteiger partial charge in [-0.3, -0.25) is 10.1 Å². The van der Waals surface area contributed by atoms with Crippen LogP contribution in [0, 0.1) is 13.8 Å². The number of alkyl halides is 3. The molecule has 0 fully saturated rings. The number of nitrogens with one attached hydrogen (secondary N) is 2. The van der Waals surface area contributed by atoms with Gasteiger partial charge < -0.3 is 10.1 Å². The third-order valence-corrected chi connectivity index (χ3v) is 6.50. The van der Waals surface area contributed by atoms with E-state index >= 15 is 0 Å². The molecule has 5 rings (SSSR count). The Hall–Kier alpha value is -4.44. The number of hydrazone groups is 1. The lowest BCUT2D eigenvalue weighted by molar-refractivity contribution is -0.274. The molecule has 0 radical (unpaired) electrons. The molecule has 0 spiro atoms. The zero-order valence-corrected chi connectivity index (χ0v) is 22.1. The Labute approximate surface area is 228 Å². The molecule has 0 aliphatic rings. The Morgan fingerprint density at radius 2 is 1.67 bits per heavy atom. The maximum atomic E-state index is 12.5. The number of hydrogen-bond donors (Lipinski definition) is 2. The summed E-state index contributed by atoms with van der Waals surface area (Å²) >= 11 is 5.38. The topological polar surface area (TPSA) is 63.5 Å². The normalized spacial score (nSPS) is 11.8. The zero-order valence-electron chi connectivity index (χ0n) is 21.3. The molecule has 198 valence electrons. The minimum atomic E-state index is -4.73. The number of thiocarbonyl (C=S) groups is 1. The lowest BCUT2D eigenvalue weighted by Gasteiger charge is -2.12. The van der Waals surface area contributed by atoms with Gasteiger partial charge in [0.05, 0.1) is 11.9 Å². The van der Waals surface area contributed by atoms with Crippen molar-refractivity contribution in [1.82, 2.24) is 15.2 Å². The number of rotatable bonds is 5. The van der Waals surface area contributed by atoms with Gasteiger partial charge in [-0.2, -0.15) is 10.2 Å². The third-order valence-electron chi connectivity index (χ3n) is 6.30. The highest BCUT2D eigenvalue weighted by Crippen LogP contribution is 2.34. The van der Waals surface area contributed by atoms with Crippen LogP contribution >= 0.6 is 12.2 Å². The van der Waals surface area contributed by atoms with E-state index in [0.717, 1.165) is 55.3 Å². The summed E-state index contributed by atoms with van der Waals surface area (Å²) in [6.07, 6.45) is -3.04. The molecule has 0 atom stereocenters. The molecule has 2 N–H and O–H groups in total. The van der Waals surface area contributed by atoms with E-state index in [4.69, 9.17) is 17.3 Å². The van der Waals surface area contributed by atoms with E-state index in [-0.39, 0.29) is 5.75 Å². The van der Waals surface area contributed by atoms with E-state index in [0.29, 0.717) is 5.11 Å². The molecule has 0 amide bonds. The lowest BCUT2D eigenvalue weighted by Crippen LogP contribution is -2.24. The van der Waals surface area contributed by atoms with Crippen LogP contribution in [-0.4, -0.2) is 27.5 Å². The number of fused-ring (bicyclic) bond motifs is 3. The van der Waals surface area contributed by atoms with Gasteiger partial charge in [0.1, 0.15) is 11.3 Å². The third kappa shape index (κ3) is 5.70. The summed E-state index contributed by atoms with van der Waals surface area (Å²) in [6, 6.07) is 21.7. The number of hydrogen-bond acceptors (Lipinski definition) is 4. The number of ether oxygens (including phenoxy) is 1. The molecule has 0 saturated heterocycles. The van der Waals surface area contributed by atoms with Crippen molar-refractivity contribution in [3.63, 3.8) is 0 Å². The van der Waals surface area contributed by atoms with Crippen LogP contribution in [0.5, 0.6) is 5.75 Å². The number of para-hydroxylation sites is 1. The second-order valence-electron chi connectivity index (χ2n) is 9.08. The van der Waals surface area contributed by atoms with Crippen molar-refractivity contribution >= 4 is 50.9 Å². The van der Waals surface area contributed by atoms with Gasteiger partial charge in [0.25, 0.3) is 0 Å². The highest BCUT2D eigenvalue weighted by Gasteiger charge is 2.31. The van der Waals surface area contributed by atoms with Crippen molar-refractivity contribution in [3.8, 4) is 17.0 Å². The summed E-state index contributed by atoms with van der Waals surface area (Å²) in [7, 11) is 1.81. The van der Waals surface area contributed by atoms with E-state index in [1.807, 2.05) is 69.4 Å². The molecule has 0 aliphatic carbocycles. The summed E-state index contributed by atoms with van der Waals surface area (Å²) < 4.78 is 43.3. The number of benzene rings is 4. The largest absolute Gasteiger partial charge is 0.573 e. The van der Waals surface area contributed by atoms with Gasteiger partial charge in [0, 0.05) is 29.1 Å². The van der Waals surface area contributed by atoms with Crippen LogP contribution in [0.2, 0.25) is 0 Å². The van der Waals surface area contributed by atoms with E-state index in [1.54, 1.807) is 23.0 Å². The van der Waals surface area contributed by atoms with Gasteiger partial charge in [-0.1, -0.05) is 36.4 Å². The Kier molecular flexibility index (Phi) is 6.96. The molecule has 0 bridgehead atoms. The molecule has 6 nitrogen and oxygen atoms in total. The summed E-state index contributed by atoms with van der Waals surface area (Å²) in [5, 5.41) is 15.4. The van der Waals surface area contributed by atoms with Crippen molar-refractivity contribution in [2.75, 3.05) is 5.32 Å². The number of aryl methyl sites for hydroxylation is 3. The van der Waals surface area contributed by atoms with Gasteiger partial charge in [0.15, 0.2) is 5.11 Å². The molecule has 5 aromatic rings. The smallest absolute Gasteiger partial charge is 0.406 e. The number of anilines is 1. The lowest BCUT2D eigenvalue weighted by atomic mass is 10.0. The Bertz CT molecular complexity index is 1710. The molecule has 0 saturated carbocycles. The second kappa shape index (κ2) is 10.4. The minimum absolute atomic E-state index is 0.270. The predicted octanol–water partition coefficient (Wildman–Crippen LogP) is 7.23. The second-order valence-corrected chi connectivity index (χ2v) is 9.49. The fraction of sp³-hybridized carbons (Fsp3) is 0.138. The molecular formula is C29H24F3N5OS. The Morgan fingerprint density at radius 3 is 2.36 bits per heavy atom. The van der Waals surface area contributed by atoms with Crippen molar-refractivity contribution in [3.05, 3.63) is 89.5 Å². The predicted molar refractivity (Wildman–Crippen MR) is 153 cm³/mol. The van der Waals surface area contributed by atoms with Crippen LogP contribution in [0.1, 0.15) is 16.7 Å². The first-order valence-corrected chi connectivity index (χ1v) is 12.4. The average Bonchev–Trinajstić information content (AvgIpc) is 3.22. The van der Waals surface area contributed by atoms with Crippen LogP contribution in [0.4, 0.5) is 18.9 Å². The van der Waals surface area contributed by atoms with Gasteiger partial charge in [-0.25, -0.2) is 0 Å². The first-order valence-electron chi connectivity index (χ1n) is 12.0. The quantitative estimate of drug-likeness (QED) is 0.138. The maximum Gasteiger partial charge on any atom is 0.573 e. The molecule has 1 heterocycles. The minimum Gasteiger partial charge on any atom is -0.406 e. The van der Waals surface area contributed by atoms with Crippen molar-refractivity contribution in [2.24, 2.45) is 12.1 Å². The molecule has 4 aromatic carbocycles. The van der Waals surface area contributed by atoms with Crippen LogP contribution in [0.15, 0.2) is 77.9 Å². The maximum absolute atomic E-state index is 12.5. The highest BCUT2D eigenvalue weighted by molar-refractivity contribution is 7.80. The van der Waals surface area contributed by atoms with Gasteiger partial charge in [-0.15, -0.1) is 13.2 Å². The number of aromatic nitrogens is 2. The van der Waals surface area contributed by atoms with E-state index < -0.39 is 6.36 Å². The van der Waals surface area contributed by atoms with Crippen LogP contribution in [-0.2, 0) is 7.05 Å². The van der Waals surface area contributed by atoms with Crippen LogP contribution < -0.4 is 15.5 Å². The average molecular weight is 548 g/mol. The fourth-order valence-corrected chi connectivity index (χ4v) is 4.72. The van der Waals surface area contributed by atoms with E-state index in [2.05, 4.69) is 20.6 Å². The summed E-state index contributed by atoms with van der Waals surface area (Å²) in [4.78, 5) is 0. The molecule has 0 aliphatic heterocycles. The molecule has 10 heteroatoms. The first-order chi connectivity index (χ1) is 18.6. The monoisotopic (exact) mass is 547 g/mol. The summed E-state index contributed by atoms with van der Waals surface area (Å²) in [5.41, 5.74) is 9.20. The Balaban J connectivity index is 1.36. The van der Waals surface area contributed by atoms with E-state index in [1.165, 1.54) is 12.1 Å². The van der Waals surface area contributed by atoms with Crippen LogP contribution in [0.3, 0.4) is 0 Å². The Morgan fingerprint density at radius 1 is 0.974 bits per heavy atom. The van der Waals surface area contributed by atoms with Crippen LogP contribution in [0.25, 0.3) is 32.9 Å². The molecule has 0 unspecified atom stereocenters. The molecule has 1 aromatic heterocycles. The van der Waals surface area contributed by atoms with Gasteiger partial charge >= 0.3 is 6.36 Å². The standard InChI is InChI=1S/C29H24F3N5OS/c1-17-5-4-6-18(2)25(17)34-28(39)35-33-16-19-7-13-23-21(15-19)10-14-24-26(23)36-37(3)27(24)20-8-11-22(12-9-20)38-29(30,31)32/h4-16H,1-3H3,(H2,34,35,39)/b33-16+. The number of halogens is 3. The zero-order chi connectivity index (χ0) is 27.7. The number of nitrogens with zero attached hydrogens (tertiary/aromatic N) is 3. The first kappa shape index (κ1) is 26.2. The fourth-order valence-electron chi connectivity index (χ4n) is 4.56. The van der Waals surface area contributed by atoms with Gasteiger partial charge in [-0.05, 0) is 84.5 Å². The van der Waals surface area contributed by atoms with Gasteiger partial charge in [0.2, 0.25) is 0 Å². The van der Waals surface area contributed by atoms with E-state index in [9.17, 15) is 13.2 Å². The van der Waals surface area contributed by atoms with Crippen molar-refractivity contribution < 1.29 is 17.9 Å². The summed E-state index contributed by atoms with van der Waals surface area (Å²) in [5.74, 6) is -0.270. The highest BCUT2D eigenvalue weighted by atomic mass is 32.1. The van der Waals surface area contributed by atoms with Crippen molar-refractivity contribution in [2.45, 2.75) is 20.2 Å². The molecular weight excluding hydrogens is 523 g/mol. The van der Waals surface area contributed by atoms with Crippen molar-refractivity contribution in [1.29, 1.82) is 0 Å². The summed E-state index contributed by atoms with van der Waals surface area (Å²) in [6.45, 7) is 4.03.